The minimum Gasteiger partial charge on any atom is -0.303 e. The standard InChI is InChI=1S/C8H15ClN2O2S/c9-14(12,13)7-3-1-2-4-8(7)5-10-6-11-8/h7,10-11H,1-6H2. The van der Waals surface area contributed by atoms with E-state index in [-0.39, 0.29) is 5.54 Å². The minimum atomic E-state index is -3.45. The van der Waals surface area contributed by atoms with Crippen LogP contribution in [-0.4, -0.2) is 32.4 Å². The Morgan fingerprint density at radius 1 is 1.36 bits per heavy atom. The zero-order valence-electron chi connectivity index (χ0n) is 7.92. The van der Waals surface area contributed by atoms with Gasteiger partial charge in [0.1, 0.15) is 0 Å². The van der Waals surface area contributed by atoms with Gasteiger partial charge in [-0.1, -0.05) is 12.8 Å². The van der Waals surface area contributed by atoms with Crippen LogP contribution in [0.25, 0.3) is 0 Å². The summed E-state index contributed by atoms with van der Waals surface area (Å²) < 4.78 is 22.9. The van der Waals surface area contributed by atoms with Gasteiger partial charge in [-0.15, -0.1) is 0 Å². The molecule has 0 radical (unpaired) electrons. The van der Waals surface area contributed by atoms with Gasteiger partial charge in [0.05, 0.1) is 5.25 Å². The molecule has 6 heteroatoms. The molecule has 2 atom stereocenters. The molecule has 1 aliphatic carbocycles. The molecule has 2 aliphatic rings. The van der Waals surface area contributed by atoms with E-state index in [1.165, 1.54) is 0 Å². The number of hydrogen-bond donors (Lipinski definition) is 2. The van der Waals surface area contributed by atoms with Crippen LogP contribution >= 0.6 is 10.7 Å². The minimum absolute atomic E-state index is 0.307. The van der Waals surface area contributed by atoms with Gasteiger partial charge >= 0.3 is 0 Å². The number of hydrogen-bond acceptors (Lipinski definition) is 4. The second-order valence-electron chi connectivity index (χ2n) is 4.15. The molecule has 0 aromatic carbocycles. The van der Waals surface area contributed by atoms with Crippen LogP contribution in [0, 0.1) is 0 Å². The van der Waals surface area contributed by atoms with Crippen LogP contribution in [0.1, 0.15) is 25.7 Å². The van der Waals surface area contributed by atoms with Gasteiger partial charge in [0, 0.05) is 29.4 Å². The molecule has 2 fully saturated rings. The molecule has 0 aromatic heterocycles. The fraction of sp³-hybridized carbons (Fsp3) is 1.00. The molecule has 1 saturated carbocycles. The lowest BCUT2D eigenvalue weighted by Crippen LogP contribution is -2.56. The van der Waals surface area contributed by atoms with Crippen molar-refractivity contribution in [1.82, 2.24) is 10.6 Å². The summed E-state index contributed by atoms with van der Waals surface area (Å²) in [7, 11) is 2.04. The molecule has 1 spiro atoms. The first kappa shape index (κ1) is 10.7. The normalized spacial score (nSPS) is 39.1. The van der Waals surface area contributed by atoms with Crippen molar-refractivity contribution in [3.63, 3.8) is 0 Å². The highest BCUT2D eigenvalue weighted by atomic mass is 35.7. The SMILES string of the molecule is O=S(=O)(Cl)C1CCCCC12CNCN2. The van der Waals surface area contributed by atoms with Crippen molar-refractivity contribution in [2.45, 2.75) is 36.5 Å². The Hall–Kier alpha value is 0.160. The van der Waals surface area contributed by atoms with E-state index in [0.717, 1.165) is 19.3 Å². The van der Waals surface area contributed by atoms with Crippen molar-refractivity contribution in [3.8, 4) is 0 Å². The topological polar surface area (TPSA) is 58.2 Å². The van der Waals surface area contributed by atoms with Crippen LogP contribution in [0.15, 0.2) is 0 Å². The fourth-order valence-electron chi connectivity index (χ4n) is 2.61. The molecule has 1 heterocycles. The van der Waals surface area contributed by atoms with Crippen molar-refractivity contribution in [3.05, 3.63) is 0 Å². The third-order valence-corrected chi connectivity index (χ3v) is 5.31. The van der Waals surface area contributed by atoms with Crippen LogP contribution in [0.5, 0.6) is 0 Å². The van der Waals surface area contributed by atoms with Crippen LogP contribution in [0.4, 0.5) is 0 Å². The maximum atomic E-state index is 11.4. The molecule has 0 aromatic rings. The third kappa shape index (κ3) is 1.78. The van der Waals surface area contributed by atoms with Crippen molar-refractivity contribution in [1.29, 1.82) is 0 Å². The third-order valence-electron chi connectivity index (χ3n) is 3.30. The first-order valence-corrected chi connectivity index (χ1v) is 7.31. The lowest BCUT2D eigenvalue weighted by atomic mass is 9.82. The molecule has 1 saturated heterocycles. The lowest BCUT2D eigenvalue weighted by molar-refractivity contribution is 0.283. The van der Waals surface area contributed by atoms with Gasteiger partial charge in [-0.05, 0) is 12.8 Å². The van der Waals surface area contributed by atoms with E-state index in [1.807, 2.05) is 0 Å². The fourth-order valence-corrected chi connectivity index (χ4v) is 4.66. The predicted molar refractivity (Wildman–Crippen MR) is 55.8 cm³/mol. The highest BCUT2D eigenvalue weighted by Gasteiger charge is 2.48. The summed E-state index contributed by atoms with van der Waals surface area (Å²) >= 11 is 0. The summed E-state index contributed by atoms with van der Waals surface area (Å²) in [5, 5.41) is 5.97. The van der Waals surface area contributed by atoms with Gasteiger partial charge in [-0.2, -0.15) is 0 Å². The monoisotopic (exact) mass is 238 g/mol. The average Bonchev–Trinajstić information content (AvgIpc) is 2.52. The number of halogens is 1. The molecule has 82 valence electrons. The Morgan fingerprint density at radius 2 is 2.14 bits per heavy atom. The Labute approximate surface area is 88.8 Å². The van der Waals surface area contributed by atoms with Gasteiger partial charge in [0.15, 0.2) is 0 Å². The summed E-state index contributed by atoms with van der Waals surface area (Å²) in [5.74, 6) is 0. The summed E-state index contributed by atoms with van der Waals surface area (Å²) in [5.41, 5.74) is -0.307. The molecule has 0 bridgehead atoms. The average molecular weight is 239 g/mol. The molecule has 0 amide bonds. The first-order valence-electron chi connectivity index (χ1n) is 4.94. The Balaban J connectivity index is 2.27. The van der Waals surface area contributed by atoms with Gasteiger partial charge in [0.25, 0.3) is 0 Å². The highest BCUT2D eigenvalue weighted by Crippen LogP contribution is 2.35. The van der Waals surface area contributed by atoms with Crippen molar-refractivity contribution < 1.29 is 8.42 Å². The van der Waals surface area contributed by atoms with E-state index in [0.29, 0.717) is 19.6 Å². The smallest absolute Gasteiger partial charge is 0.237 e. The molecule has 2 N–H and O–H groups in total. The van der Waals surface area contributed by atoms with E-state index >= 15 is 0 Å². The van der Waals surface area contributed by atoms with Crippen LogP contribution < -0.4 is 10.6 Å². The Bertz CT molecular complexity index is 311. The van der Waals surface area contributed by atoms with Crippen LogP contribution in [0.3, 0.4) is 0 Å². The van der Waals surface area contributed by atoms with E-state index in [1.54, 1.807) is 0 Å². The van der Waals surface area contributed by atoms with Crippen LogP contribution in [0.2, 0.25) is 0 Å². The van der Waals surface area contributed by atoms with Gasteiger partial charge in [-0.3, -0.25) is 5.32 Å². The molecule has 2 rings (SSSR count). The van der Waals surface area contributed by atoms with Crippen molar-refractivity contribution in [2.75, 3.05) is 13.2 Å². The van der Waals surface area contributed by atoms with E-state index in [9.17, 15) is 8.42 Å². The van der Waals surface area contributed by atoms with Crippen molar-refractivity contribution >= 4 is 19.7 Å². The van der Waals surface area contributed by atoms with Gasteiger partial charge in [0.2, 0.25) is 9.05 Å². The predicted octanol–water partition coefficient (Wildman–Crippen LogP) is 0.387. The maximum absolute atomic E-state index is 11.4. The Morgan fingerprint density at radius 3 is 2.71 bits per heavy atom. The highest BCUT2D eigenvalue weighted by molar-refractivity contribution is 8.14. The molecule has 1 aliphatic heterocycles. The second-order valence-corrected chi connectivity index (χ2v) is 6.96. The summed E-state index contributed by atoms with van der Waals surface area (Å²) in [4.78, 5) is 0. The number of rotatable bonds is 1. The Kier molecular flexibility index (Phi) is 2.76. The van der Waals surface area contributed by atoms with E-state index < -0.39 is 14.3 Å². The quantitative estimate of drug-likeness (QED) is 0.649. The van der Waals surface area contributed by atoms with Gasteiger partial charge in [-0.25, -0.2) is 8.42 Å². The van der Waals surface area contributed by atoms with Gasteiger partial charge < -0.3 is 5.32 Å². The summed E-state index contributed by atoms with van der Waals surface area (Å²) in [6.45, 7) is 1.40. The van der Waals surface area contributed by atoms with Crippen LogP contribution in [-0.2, 0) is 9.05 Å². The second kappa shape index (κ2) is 3.63. The number of nitrogens with one attached hydrogen (secondary N) is 2. The summed E-state index contributed by atoms with van der Waals surface area (Å²) in [6.07, 6.45) is 3.62. The van der Waals surface area contributed by atoms with E-state index in [4.69, 9.17) is 10.7 Å². The molecule has 4 nitrogen and oxygen atoms in total. The lowest BCUT2D eigenvalue weighted by Gasteiger charge is -2.38. The molecule has 14 heavy (non-hydrogen) atoms. The molecular formula is C8H15ClN2O2S. The van der Waals surface area contributed by atoms with Crippen molar-refractivity contribution in [2.24, 2.45) is 0 Å². The molecular weight excluding hydrogens is 224 g/mol. The molecule has 2 unspecified atom stereocenters. The zero-order chi connectivity index (χ0) is 10.2. The van der Waals surface area contributed by atoms with E-state index in [2.05, 4.69) is 10.6 Å². The summed E-state index contributed by atoms with van der Waals surface area (Å²) in [6, 6.07) is 0. The maximum Gasteiger partial charge on any atom is 0.237 e. The largest absolute Gasteiger partial charge is 0.303 e. The zero-order valence-corrected chi connectivity index (χ0v) is 9.50. The first-order chi connectivity index (χ1) is 6.55.